The summed E-state index contributed by atoms with van der Waals surface area (Å²) in [4.78, 5) is 27.4. The topological polar surface area (TPSA) is 94.6 Å². The second-order valence-electron chi connectivity index (χ2n) is 6.72. The highest BCUT2D eigenvalue weighted by atomic mass is 127. The highest BCUT2D eigenvalue weighted by Crippen LogP contribution is 2.31. The average molecular weight is 507 g/mol. The van der Waals surface area contributed by atoms with E-state index in [9.17, 15) is 9.59 Å². The molecule has 0 fully saturated rings. The summed E-state index contributed by atoms with van der Waals surface area (Å²) in [6.07, 6.45) is 0.444. The molecule has 29 heavy (non-hydrogen) atoms. The molecular weight excluding hydrogens is 481 g/mol. The van der Waals surface area contributed by atoms with E-state index in [4.69, 9.17) is 0 Å². The number of guanidine groups is 1. The monoisotopic (exact) mass is 507 g/mol. The van der Waals surface area contributed by atoms with Crippen molar-refractivity contribution in [1.29, 1.82) is 0 Å². The lowest BCUT2D eigenvalue weighted by atomic mass is 9.90. The number of fused-ring (bicyclic) bond motifs is 1. The van der Waals surface area contributed by atoms with Gasteiger partial charge in [0.1, 0.15) is 0 Å². The Morgan fingerprint density at radius 1 is 1.17 bits per heavy atom. The molecule has 154 valence electrons. The van der Waals surface area contributed by atoms with Crippen molar-refractivity contribution in [2.45, 2.75) is 25.8 Å². The zero-order valence-electron chi connectivity index (χ0n) is 16.5. The van der Waals surface area contributed by atoms with Gasteiger partial charge in [0.05, 0.1) is 0 Å². The maximum atomic E-state index is 12.0. The number of benzene rings is 2. The Hall–Kier alpha value is -2.62. The van der Waals surface area contributed by atoms with Gasteiger partial charge in [0, 0.05) is 50.8 Å². The summed E-state index contributed by atoms with van der Waals surface area (Å²) in [5.41, 5.74) is 3.80. The molecule has 8 heteroatoms. The standard InChI is InChI=1S/C21H25N5O2.HI/c1-14(27)25-17-7-5-6-15(10-17)12-23-21(22-2)24-13-16-11-20(28)26-19-9-4-3-8-18(16)19;/h3-10,16H,11-13H2,1-2H3,(H,25,27)(H,26,28)(H2,22,23,24);1H. The first-order valence-corrected chi connectivity index (χ1v) is 9.25. The van der Waals surface area contributed by atoms with Crippen LogP contribution in [0.3, 0.4) is 0 Å². The molecule has 0 aromatic heterocycles. The largest absolute Gasteiger partial charge is 0.356 e. The number of hydrogen-bond donors (Lipinski definition) is 4. The minimum absolute atomic E-state index is 0. The van der Waals surface area contributed by atoms with Gasteiger partial charge in [0.2, 0.25) is 11.8 Å². The van der Waals surface area contributed by atoms with E-state index in [-0.39, 0.29) is 41.7 Å². The fourth-order valence-corrected chi connectivity index (χ4v) is 3.27. The van der Waals surface area contributed by atoms with Gasteiger partial charge in [-0.15, -0.1) is 24.0 Å². The van der Waals surface area contributed by atoms with Crippen LogP contribution in [0.1, 0.15) is 30.4 Å². The Kier molecular flexibility index (Phi) is 8.44. The van der Waals surface area contributed by atoms with Crippen LogP contribution in [0.5, 0.6) is 0 Å². The molecule has 3 rings (SSSR count). The maximum Gasteiger partial charge on any atom is 0.225 e. The second kappa shape index (κ2) is 10.8. The van der Waals surface area contributed by atoms with Crippen molar-refractivity contribution in [3.8, 4) is 0 Å². The molecular formula is C21H26IN5O2. The third-order valence-corrected chi connectivity index (χ3v) is 4.55. The third-order valence-electron chi connectivity index (χ3n) is 4.55. The van der Waals surface area contributed by atoms with Crippen LogP contribution in [0, 0.1) is 0 Å². The predicted octanol–water partition coefficient (Wildman–Crippen LogP) is 3.05. The molecule has 1 heterocycles. The lowest BCUT2D eigenvalue weighted by Gasteiger charge is -2.26. The fraction of sp³-hybridized carbons (Fsp3) is 0.286. The van der Waals surface area contributed by atoms with Gasteiger partial charge < -0.3 is 21.3 Å². The van der Waals surface area contributed by atoms with Crippen LogP contribution < -0.4 is 21.3 Å². The predicted molar refractivity (Wildman–Crippen MR) is 127 cm³/mol. The molecule has 7 nitrogen and oxygen atoms in total. The quantitative estimate of drug-likeness (QED) is 0.284. The van der Waals surface area contributed by atoms with E-state index in [1.54, 1.807) is 7.05 Å². The van der Waals surface area contributed by atoms with Crippen molar-refractivity contribution >= 4 is 53.1 Å². The number of carbonyl (C=O) groups is 2. The Morgan fingerprint density at radius 2 is 1.97 bits per heavy atom. The molecule has 0 aliphatic carbocycles. The normalized spacial score (nSPS) is 15.4. The Labute approximate surface area is 187 Å². The average Bonchev–Trinajstić information content (AvgIpc) is 2.67. The summed E-state index contributed by atoms with van der Waals surface area (Å²) in [6.45, 7) is 2.66. The van der Waals surface area contributed by atoms with Crippen LogP contribution >= 0.6 is 24.0 Å². The first kappa shape index (κ1) is 22.7. The molecule has 1 unspecified atom stereocenters. The van der Waals surface area contributed by atoms with E-state index < -0.39 is 0 Å². The van der Waals surface area contributed by atoms with E-state index in [0.29, 0.717) is 25.5 Å². The number of anilines is 2. The summed E-state index contributed by atoms with van der Waals surface area (Å²) in [7, 11) is 1.71. The lowest BCUT2D eigenvalue weighted by molar-refractivity contribution is -0.117. The maximum absolute atomic E-state index is 12.0. The molecule has 2 amide bonds. The first-order valence-electron chi connectivity index (χ1n) is 9.25. The molecule has 0 saturated carbocycles. The van der Waals surface area contributed by atoms with Crippen LogP contribution in [0.2, 0.25) is 0 Å². The molecule has 2 aromatic carbocycles. The lowest BCUT2D eigenvalue weighted by Crippen LogP contribution is -2.40. The molecule has 0 bridgehead atoms. The summed E-state index contributed by atoms with van der Waals surface area (Å²) in [5.74, 6) is 0.683. The number of halogens is 1. The summed E-state index contributed by atoms with van der Waals surface area (Å²) < 4.78 is 0. The fourth-order valence-electron chi connectivity index (χ4n) is 3.27. The van der Waals surface area contributed by atoms with Crippen molar-refractivity contribution in [2.24, 2.45) is 4.99 Å². The van der Waals surface area contributed by atoms with E-state index >= 15 is 0 Å². The Bertz CT molecular complexity index is 900. The zero-order chi connectivity index (χ0) is 19.9. The molecule has 4 N–H and O–H groups in total. The van der Waals surface area contributed by atoms with E-state index in [0.717, 1.165) is 22.5 Å². The van der Waals surface area contributed by atoms with Crippen molar-refractivity contribution in [2.75, 3.05) is 24.2 Å². The number of hydrogen-bond acceptors (Lipinski definition) is 3. The number of aliphatic imine (C=N–C) groups is 1. The molecule has 0 radical (unpaired) electrons. The van der Waals surface area contributed by atoms with Crippen molar-refractivity contribution in [1.82, 2.24) is 10.6 Å². The molecule has 1 aliphatic heterocycles. The van der Waals surface area contributed by atoms with Crippen LogP contribution in [0.4, 0.5) is 11.4 Å². The summed E-state index contributed by atoms with van der Waals surface area (Å²) >= 11 is 0. The Balaban J connectivity index is 0.00000300. The third kappa shape index (κ3) is 6.45. The smallest absolute Gasteiger partial charge is 0.225 e. The van der Waals surface area contributed by atoms with Crippen molar-refractivity contribution in [3.63, 3.8) is 0 Å². The van der Waals surface area contributed by atoms with Gasteiger partial charge in [-0.3, -0.25) is 14.6 Å². The first-order chi connectivity index (χ1) is 13.5. The molecule has 0 spiro atoms. The number of nitrogens with zero attached hydrogens (tertiary/aromatic N) is 1. The Morgan fingerprint density at radius 3 is 2.72 bits per heavy atom. The second-order valence-corrected chi connectivity index (χ2v) is 6.72. The van der Waals surface area contributed by atoms with Crippen LogP contribution in [-0.2, 0) is 16.1 Å². The minimum atomic E-state index is -0.0978. The minimum Gasteiger partial charge on any atom is -0.356 e. The highest BCUT2D eigenvalue weighted by Gasteiger charge is 2.24. The van der Waals surface area contributed by atoms with Crippen molar-refractivity contribution in [3.05, 3.63) is 59.7 Å². The number of amides is 2. The van der Waals surface area contributed by atoms with E-state index in [1.165, 1.54) is 6.92 Å². The van der Waals surface area contributed by atoms with Gasteiger partial charge in [-0.1, -0.05) is 30.3 Å². The van der Waals surface area contributed by atoms with Gasteiger partial charge in [0.15, 0.2) is 5.96 Å². The number of para-hydroxylation sites is 1. The van der Waals surface area contributed by atoms with Crippen LogP contribution in [0.25, 0.3) is 0 Å². The van der Waals surface area contributed by atoms with Crippen LogP contribution in [-0.4, -0.2) is 31.4 Å². The van der Waals surface area contributed by atoms with Gasteiger partial charge in [-0.2, -0.15) is 0 Å². The van der Waals surface area contributed by atoms with Gasteiger partial charge >= 0.3 is 0 Å². The van der Waals surface area contributed by atoms with E-state index in [1.807, 2.05) is 48.5 Å². The molecule has 0 saturated heterocycles. The van der Waals surface area contributed by atoms with Gasteiger partial charge in [-0.05, 0) is 29.3 Å². The number of carbonyl (C=O) groups excluding carboxylic acids is 2. The summed E-state index contributed by atoms with van der Waals surface area (Å²) in [6, 6.07) is 15.5. The highest BCUT2D eigenvalue weighted by molar-refractivity contribution is 14.0. The number of rotatable bonds is 5. The molecule has 2 aromatic rings. The summed E-state index contributed by atoms with van der Waals surface area (Å²) in [5, 5.41) is 12.3. The van der Waals surface area contributed by atoms with Crippen LogP contribution in [0.15, 0.2) is 53.5 Å². The number of nitrogens with one attached hydrogen (secondary N) is 4. The molecule has 1 atom stereocenters. The van der Waals surface area contributed by atoms with Gasteiger partial charge in [0.25, 0.3) is 0 Å². The molecule has 1 aliphatic rings. The SMILES string of the molecule is CN=C(NCc1cccc(NC(C)=O)c1)NCC1CC(=O)Nc2ccccc21.I. The van der Waals surface area contributed by atoms with Gasteiger partial charge in [-0.25, -0.2) is 0 Å². The van der Waals surface area contributed by atoms with Crippen molar-refractivity contribution < 1.29 is 9.59 Å². The van der Waals surface area contributed by atoms with E-state index in [2.05, 4.69) is 26.3 Å². The zero-order valence-corrected chi connectivity index (χ0v) is 18.8.